The number of hydrogen-bond acceptors (Lipinski definition) is 4. The van der Waals surface area contributed by atoms with Crippen LogP contribution in [0.5, 0.6) is 5.75 Å². The van der Waals surface area contributed by atoms with Crippen LogP contribution in [0.3, 0.4) is 0 Å². The van der Waals surface area contributed by atoms with Gasteiger partial charge >= 0.3 is 0 Å². The van der Waals surface area contributed by atoms with Crippen LogP contribution in [0.25, 0.3) is 0 Å². The van der Waals surface area contributed by atoms with Crippen molar-refractivity contribution in [3.05, 3.63) is 24.3 Å². The summed E-state index contributed by atoms with van der Waals surface area (Å²) in [6.07, 6.45) is 3.28. The van der Waals surface area contributed by atoms with Crippen LogP contribution in [-0.2, 0) is 9.53 Å². The molecular formula is C16H22N2O3. The molecule has 21 heavy (non-hydrogen) atoms. The molecule has 2 atom stereocenters. The lowest BCUT2D eigenvalue weighted by molar-refractivity contribution is -0.119. The molecule has 2 unspecified atom stereocenters. The van der Waals surface area contributed by atoms with E-state index in [-0.39, 0.29) is 17.9 Å². The summed E-state index contributed by atoms with van der Waals surface area (Å²) in [6.45, 7) is 3.09. The van der Waals surface area contributed by atoms with Crippen molar-refractivity contribution in [2.75, 3.05) is 31.6 Å². The monoisotopic (exact) mass is 290 g/mol. The van der Waals surface area contributed by atoms with Gasteiger partial charge in [0, 0.05) is 24.9 Å². The summed E-state index contributed by atoms with van der Waals surface area (Å²) in [6, 6.07) is 7.56. The lowest BCUT2D eigenvalue weighted by Gasteiger charge is -2.13. The van der Waals surface area contributed by atoms with Crippen LogP contribution in [0, 0.1) is 5.92 Å². The summed E-state index contributed by atoms with van der Waals surface area (Å²) in [5.74, 6) is 0.922. The van der Waals surface area contributed by atoms with Crippen LogP contribution in [0.4, 0.5) is 5.69 Å². The third-order valence-electron chi connectivity index (χ3n) is 3.99. The van der Waals surface area contributed by atoms with Gasteiger partial charge in [-0.1, -0.05) is 6.07 Å². The fourth-order valence-corrected chi connectivity index (χ4v) is 2.75. The Balaban J connectivity index is 1.53. The predicted molar refractivity (Wildman–Crippen MR) is 80.5 cm³/mol. The molecule has 1 amide bonds. The fraction of sp³-hybridized carbons (Fsp3) is 0.562. The zero-order valence-corrected chi connectivity index (χ0v) is 12.1. The van der Waals surface area contributed by atoms with E-state index in [1.807, 2.05) is 24.3 Å². The van der Waals surface area contributed by atoms with Gasteiger partial charge < -0.3 is 20.1 Å². The molecule has 2 aliphatic rings. The summed E-state index contributed by atoms with van der Waals surface area (Å²) >= 11 is 0. The molecular weight excluding hydrogens is 268 g/mol. The molecule has 1 aromatic carbocycles. The summed E-state index contributed by atoms with van der Waals surface area (Å²) < 4.78 is 11.3. The van der Waals surface area contributed by atoms with Gasteiger partial charge in [0.25, 0.3) is 0 Å². The molecule has 5 nitrogen and oxygen atoms in total. The first-order valence-corrected chi connectivity index (χ1v) is 7.67. The van der Waals surface area contributed by atoms with Crippen molar-refractivity contribution in [1.82, 2.24) is 5.32 Å². The largest absolute Gasteiger partial charge is 0.491 e. The summed E-state index contributed by atoms with van der Waals surface area (Å²) in [7, 11) is 0. The number of carbonyl (C=O) groups excluding carboxylic acids is 1. The Bertz CT molecular complexity index is 480. The van der Waals surface area contributed by atoms with Gasteiger partial charge in [0.05, 0.1) is 12.0 Å². The number of hydrogen-bond donors (Lipinski definition) is 2. The zero-order valence-electron chi connectivity index (χ0n) is 12.1. The Labute approximate surface area is 125 Å². The molecule has 2 N–H and O–H groups in total. The minimum Gasteiger partial charge on any atom is -0.491 e. The number of rotatable bonds is 5. The number of anilines is 1. The predicted octanol–water partition coefficient (Wildman–Crippen LogP) is 1.79. The summed E-state index contributed by atoms with van der Waals surface area (Å²) in [5, 5.41) is 6.16. The van der Waals surface area contributed by atoms with E-state index in [0.29, 0.717) is 6.61 Å². The highest BCUT2D eigenvalue weighted by Crippen LogP contribution is 2.20. The van der Waals surface area contributed by atoms with E-state index >= 15 is 0 Å². The number of benzene rings is 1. The average molecular weight is 290 g/mol. The highest BCUT2D eigenvalue weighted by molar-refractivity contribution is 5.93. The van der Waals surface area contributed by atoms with Crippen LogP contribution in [0.15, 0.2) is 24.3 Å². The molecule has 2 saturated heterocycles. The van der Waals surface area contributed by atoms with Gasteiger partial charge in [-0.05, 0) is 37.9 Å². The maximum absolute atomic E-state index is 12.1. The van der Waals surface area contributed by atoms with Gasteiger partial charge in [0.1, 0.15) is 12.4 Å². The lowest BCUT2D eigenvalue weighted by atomic mass is 10.1. The topological polar surface area (TPSA) is 59.6 Å². The van der Waals surface area contributed by atoms with Crippen LogP contribution < -0.4 is 15.4 Å². The van der Waals surface area contributed by atoms with E-state index in [9.17, 15) is 4.79 Å². The molecule has 0 saturated carbocycles. The quantitative estimate of drug-likeness (QED) is 0.868. The van der Waals surface area contributed by atoms with Crippen molar-refractivity contribution in [1.29, 1.82) is 0 Å². The molecule has 0 radical (unpaired) electrons. The Morgan fingerprint density at radius 3 is 3.14 bits per heavy atom. The van der Waals surface area contributed by atoms with E-state index in [1.54, 1.807) is 0 Å². The first kappa shape index (κ1) is 14.4. The summed E-state index contributed by atoms with van der Waals surface area (Å²) in [4.78, 5) is 12.1. The molecule has 5 heteroatoms. The van der Waals surface area contributed by atoms with Gasteiger partial charge in [-0.15, -0.1) is 0 Å². The third kappa shape index (κ3) is 3.95. The van der Waals surface area contributed by atoms with E-state index in [2.05, 4.69) is 10.6 Å². The van der Waals surface area contributed by atoms with Crippen molar-refractivity contribution < 1.29 is 14.3 Å². The Kier molecular flexibility index (Phi) is 4.72. The molecule has 0 aromatic heterocycles. The average Bonchev–Trinajstić information content (AvgIpc) is 3.19. The SMILES string of the molecule is O=C(Nc1cccc(OCC2CCCO2)c1)C1CCNC1. The van der Waals surface area contributed by atoms with Crippen LogP contribution >= 0.6 is 0 Å². The third-order valence-corrected chi connectivity index (χ3v) is 3.99. The van der Waals surface area contributed by atoms with Gasteiger partial charge in [0.2, 0.25) is 5.91 Å². The van der Waals surface area contributed by atoms with Gasteiger partial charge in [-0.25, -0.2) is 0 Å². The van der Waals surface area contributed by atoms with E-state index < -0.39 is 0 Å². The van der Waals surface area contributed by atoms with Crippen molar-refractivity contribution >= 4 is 11.6 Å². The molecule has 2 heterocycles. The number of carbonyl (C=O) groups is 1. The number of ether oxygens (including phenoxy) is 2. The second-order valence-corrected chi connectivity index (χ2v) is 5.65. The number of nitrogens with one attached hydrogen (secondary N) is 2. The Hall–Kier alpha value is -1.59. The van der Waals surface area contributed by atoms with Crippen LogP contribution in [0.2, 0.25) is 0 Å². The molecule has 114 valence electrons. The van der Waals surface area contributed by atoms with Gasteiger partial charge in [-0.2, -0.15) is 0 Å². The number of amides is 1. The molecule has 0 bridgehead atoms. The van der Waals surface area contributed by atoms with Crippen molar-refractivity contribution in [3.63, 3.8) is 0 Å². The van der Waals surface area contributed by atoms with Crippen molar-refractivity contribution in [3.8, 4) is 5.75 Å². The smallest absolute Gasteiger partial charge is 0.228 e. The molecule has 2 fully saturated rings. The highest BCUT2D eigenvalue weighted by Gasteiger charge is 2.22. The second kappa shape index (κ2) is 6.91. The maximum Gasteiger partial charge on any atom is 0.228 e. The van der Waals surface area contributed by atoms with E-state index in [0.717, 1.165) is 50.4 Å². The van der Waals surface area contributed by atoms with Gasteiger partial charge in [0.15, 0.2) is 0 Å². The lowest BCUT2D eigenvalue weighted by Crippen LogP contribution is -2.24. The minimum absolute atomic E-state index is 0.0708. The van der Waals surface area contributed by atoms with Crippen molar-refractivity contribution in [2.24, 2.45) is 5.92 Å². The molecule has 0 aliphatic carbocycles. The fourth-order valence-electron chi connectivity index (χ4n) is 2.75. The Morgan fingerprint density at radius 1 is 1.43 bits per heavy atom. The zero-order chi connectivity index (χ0) is 14.5. The van der Waals surface area contributed by atoms with Crippen LogP contribution in [-0.4, -0.2) is 38.3 Å². The first-order chi connectivity index (χ1) is 10.3. The molecule has 1 aromatic rings. The second-order valence-electron chi connectivity index (χ2n) is 5.65. The first-order valence-electron chi connectivity index (χ1n) is 7.67. The van der Waals surface area contributed by atoms with E-state index in [1.165, 1.54) is 0 Å². The van der Waals surface area contributed by atoms with Crippen molar-refractivity contribution in [2.45, 2.75) is 25.4 Å². The Morgan fingerprint density at radius 2 is 2.38 bits per heavy atom. The summed E-state index contributed by atoms with van der Waals surface area (Å²) in [5.41, 5.74) is 0.789. The standard InChI is InChI=1S/C16H22N2O3/c19-16(12-6-7-17-10-12)18-13-3-1-4-14(9-13)21-11-15-5-2-8-20-15/h1,3-4,9,12,15,17H,2,5-8,10-11H2,(H,18,19). The minimum atomic E-state index is 0.0708. The molecule has 3 rings (SSSR count). The van der Waals surface area contributed by atoms with E-state index in [4.69, 9.17) is 9.47 Å². The normalized spacial score (nSPS) is 25.0. The van der Waals surface area contributed by atoms with Gasteiger partial charge in [-0.3, -0.25) is 4.79 Å². The van der Waals surface area contributed by atoms with Crippen LogP contribution in [0.1, 0.15) is 19.3 Å². The maximum atomic E-state index is 12.1. The highest BCUT2D eigenvalue weighted by atomic mass is 16.5. The molecule has 2 aliphatic heterocycles. The molecule has 0 spiro atoms.